The quantitative estimate of drug-likeness (QED) is 0.730. The van der Waals surface area contributed by atoms with Crippen LogP contribution in [0.2, 0.25) is 0 Å². The molecule has 7 heteroatoms. The van der Waals surface area contributed by atoms with Gasteiger partial charge in [0.25, 0.3) is 5.91 Å². The Hall–Kier alpha value is -1.60. The number of carbonyl (C=O) groups is 1. The Balaban J connectivity index is 1.81. The standard InChI is InChI=1S/C17H14Br2FNO3/c1-9(21-17(22)11-3-2-10(20)6-13(11)18)12-7-15-16(8-14(12)19)24-5-4-23-15/h2-3,6-9H,4-5H2,1H3,(H,21,22). The molecule has 1 aliphatic heterocycles. The summed E-state index contributed by atoms with van der Waals surface area (Å²) < 4.78 is 25.5. The van der Waals surface area contributed by atoms with Crippen molar-refractivity contribution >= 4 is 37.8 Å². The Kier molecular flexibility index (Phi) is 5.10. The molecule has 1 unspecified atom stereocenters. The fraction of sp³-hybridized carbons (Fsp3) is 0.235. The molecule has 0 radical (unpaired) electrons. The van der Waals surface area contributed by atoms with Crippen LogP contribution >= 0.6 is 31.9 Å². The Labute approximate surface area is 155 Å². The normalized spacial score (nSPS) is 14.2. The second-order valence-corrected chi connectivity index (χ2v) is 7.05. The topological polar surface area (TPSA) is 47.6 Å². The van der Waals surface area contributed by atoms with Gasteiger partial charge in [0.05, 0.1) is 11.6 Å². The van der Waals surface area contributed by atoms with E-state index in [2.05, 4.69) is 37.2 Å². The highest BCUT2D eigenvalue weighted by molar-refractivity contribution is 9.10. The summed E-state index contributed by atoms with van der Waals surface area (Å²) in [5, 5.41) is 2.90. The van der Waals surface area contributed by atoms with Crippen molar-refractivity contribution in [1.82, 2.24) is 5.32 Å². The third-order valence-corrected chi connectivity index (χ3v) is 4.99. The number of fused-ring (bicyclic) bond motifs is 1. The Morgan fingerprint density at radius 3 is 2.46 bits per heavy atom. The van der Waals surface area contributed by atoms with Crippen LogP contribution in [0.25, 0.3) is 0 Å². The number of carbonyl (C=O) groups excluding carboxylic acids is 1. The van der Waals surface area contributed by atoms with E-state index < -0.39 is 5.82 Å². The molecule has 0 spiro atoms. The van der Waals surface area contributed by atoms with Crippen LogP contribution in [0.3, 0.4) is 0 Å². The summed E-state index contributed by atoms with van der Waals surface area (Å²) >= 11 is 6.71. The van der Waals surface area contributed by atoms with E-state index in [0.717, 1.165) is 10.0 Å². The van der Waals surface area contributed by atoms with Gasteiger partial charge in [0.2, 0.25) is 0 Å². The number of hydrogen-bond acceptors (Lipinski definition) is 3. The minimum Gasteiger partial charge on any atom is -0.486 e. The SMILES string of the molecule is CC(NC(=O)c1ccc(F)cc1Br)c1cc2c(cc1Br)OCCO2. The predicted octanol–water partition coefficient (Wildman–Crippen LogP) is 4.61. The van der Waals surface area contributed by atoms with E-state index in [0.29, 0.717) is 34.7 Å². The van der Waals surface area contributed by atoms with Crippen molar-refractivity contribution in [2.24, 2.45) is 0 Å². The van der Waals surface area contributed by atoms with Crippen molar-refractivity contribution in [3.05, 3.63) is 56.2 Å². The van der Waals surface area contributed by atoms with Gasteiger partial charge in [0, 0.05) is 8.95 Å². The van der Waals surface area contributed by atoms with Crippen molar-refractivity contribution in [1.29, 1.82) is 0 Å². The van der Waals surface area contributed by atoms with E-state index in [1.807, 2.05) is 19.1 Å². The number of nitrogens with one attached hydrogen (secondary N) is 1. The summed E-state index contributed by atoms with van der Waals surface area (Å²) in [5.74, 6) is 0.636. The minimum absolute atomic E-state index is 0.278. The number of benzene rings is 2. The van der Waals surface area contributed by atoms with Crippen molar-refractivity contribution in [3.8, 4) is 11.5 Å². The van der Waals surface area contributed by atoms with Crippen molar-refractivity contribution in [2.75, 3.05) is 13.2 Å². The van der Waals surface area contributed by atoms with Gasteiger partial charge in [-0.1, -0.05) is 15.9 Å². The fourth-order valence-corrected chi connectivity index (χ4v) is 3.63. The van der Waals surface area contributed by atoms with Crippen LogP contribution in [0.15, 0.2) is 39.3 Å². The lowest BCUT2D eigenvalue weighted by molar-refractivity contribution is 0.0938. The van der Waals surface area contributed by atoms with E-state index in [-0.39, 0.29) is 11.9 Å². The molecule has 0 bridgehead atoms. The summed E-state index contributed by atoms with van der Waals surface area (Å²) in [6, 6.07) is 7.37. The number of hydrogen-bond donors (Lipinski definition) is 1. The predicted molar refractivity (Wildman–Crippen MR) is 95.1 cm³/mol. The second-order valence-electron chi connectivity index (χ2n) is 5.34. The molecular weight excluding hydrogens is 445 g/mol. The number of ether oxygens (including phenoxy) is 2. The monoisotopic (exact) mass is 457 g/mol. The van der Waals surface area contributed by atoms with Gasteiger partial charge in [-0.15, -0.1) is 0 Å². The summed E-state index contributed by atoms with van der Waals surface area (Å²) in [5.41, 5.74) is 1.24. The largest absolute Gasteiger partial charge is 0.486 e. The maximum Gasteiger partial charge on any atom is 0.252 e. The van der Waals surface area contributed by atoms with Gasteiger partial charge in [0.1, 0.15) is 19.0 Å². The number of rotatable bonds is 3. The van der Waals surface area contributed by atoms with Crippen LogP contribution in [0, 0.1) is 5.82 Å². The number of amides is 1. The van der Waals surface area contributed by atoms with E-state index in [1.165, 1.54) is 18.2 Å². The Bertz CT molecular complexity index is 798. The van der Waals surface area contributed by atoms with Gasteiger partial charge in [-0.2, -0.15) is 0 Å². The maximum absolute atomic E-state index is 13.2. The molecule has 1 aliphatic rings. The van der Waals surface area contributed by atoms with Crippen molar-refractivity contribution in [2.45, 2.75) is 13.0 Å². The highest BCUT2D eigenvalue weighted by atomic mass is 79.9. The highest BCUT2D eigenvalue weighted by Crippen LogP contribution is 2.37. The molecule has 0 saturated heterocycles. The molecule has 3 rings (SSSR count). The zero-order chi connectivity index (χ0) is 17.3. The fourth-order valence-electron chi connectivity index (χ4n) is 2.44. The van der Waals surface area contributed by atoms with Crippen LogP contribution < -0.4 is 14.8 Å². The Morgan fingerprint density at radius 2 is 1.79 bits per heavy atom. The average molecular weight is 459 g/mol. The zero-order valence-corrected chi connectivity index (χ0v) is 15.9. The van der Waals surface area contributed by atoms with Crippen molar-refractivity contribution < 1.29 is 18.7 Å². The van der Waals surface area contributed by atoms with Crippen molar-refractivity contribution in [3.63, 3.8) is 0 Å². The average Bonchev–Trinajstić information content (AvgIpc) is 2.53. The van der Waals surface area contributed by atoms with Gasteiger partial charge >= 0.3 is 0 Å². The first kappa shape index (κ1) is 17.2. The van der Waals surface area contributed by atoms with Crippen LogP contribution in [-0.4, -0.2) is 19.1 Å². The van der Waals surface area contributed by atoms with E-state index in [9.17, 15) is 9.18 Å². The first-order valence-corrected chi connectivity index (χ1v) is 8.89. The third kappa shape index (κ3) is 3.57. The molecular formula is C17H14Br2FNO3. The summed E-state index contributed by atoms with van der Waals surface area (Å²) in [6.45, 7) is 2.88. The van der Waals surface area contributed by atoms with E-state index >= 15 is 0 Å². The summed E-state index contributed by atoms with van der Waals surface area (Å²) in [4.78, 5) is 12.4. The molecule has 24 heavy (non-hydrogen) atoms. The molecule has 0 saturated carbocycles. The van der Waals surface area contributed by atoms with Gasteiger partial charge in [-0.05, 0) is 58.7 Å². The molecule has 1 N–H and O–H groups in total. The maximum atomic E-state index is 13.2. The molecule has 0 fully saturated rings. The first-order valence-electron chi connectivity index (χ1n) is 7.30. The molecule has 4 nitrogen and oxygen atoms in total. The molecule has 2 aromatic rings. The van der Waals surface area contributed by atoms with Crippen LogP contribution in [0.5, 0.6) is 11.5 Å². The highest BCUT2D eigenvalue weighted by Gasteiger charge is 2.20. The summed E-state index contributed by atoms with van der Waals surface area (Å²) in [6.07, 6.45) is 0. The molecule has 0 aromatic heterocycles. The molecule has 126 valence electrons. The number of halogens is 3. The second kappa shape index (κ2) is 7.11. The smallest absolute Gasteiger partial charge is 0.252 e. The van der Waals surface area contributed by atoms with Gasteiger partial charge in [-0.3, -0.25) is 4.79 Å². The van der Waals surface area contributed by atoms with Crippen LogP contribution in [0.1, 0.15) is 28.9 Å². The van der Waals surface area contributed by atoms with Crippen LogP contribution in [-0.2, 0) is 0 Å². The third-order valence-electron chi connectivity index (χ3n) is 3.65. The lowest BCUT2D eigenvalue weighted by Gasteiger charge is -2.22. The molecule has 2 aromatic carbocycles. The molecule has 0 aliphatic carbocycles. The Morgan fingerprint density at radius 1 is 1.12 bits per heavy atom. The van der Waals surface area contributed by atoms with Crippen LogP contribution in [0.4, 0.5) is 4.39 Å². The minimum atomic E-state index is -0.402. The molecule has 1 amide bonds. The lowest BCUT2D eigenvalue weighted by Crippen LogP contribution is -2.27. The molecule has 1 heterocycles. The first-order chi connectivity index (χ1) is 11.5. The molecule has 1 atom stereocenters. The van der Waals surface area contributed by atoms with E-state index in [4.69, 9.17) is 9.47 Å². The zero-order valence-electron chi connectivity index (χ0n) is 12.7. The van der Waals surface area contributed by atoms with Gasteiger partial charge in [-0.25, -0.2) is 4.39 Å². The van der Waals surface area contributed by atoms with Gasteiger partial charge < -0.3 is 14.8 Å². The van der Waals surface area contributed by atoms with E-state index in [1.54, 1.807) is 0 Å². The lowest BCUT2D eigenvalue weighted by atomic mass is 10.1. The summed E-state index contributed by atoms with van der Waals surface area (Å²) in [7, 11) is 0. The van der Waals surface area contributed by atoms with Gasteiger partial charge in [0.15, 0.2) is 11.5 Å².